The van der Waals surface area contributed by atoms with Crippen LogP contribution in [-0.2, 0) is 13.1 Å². The van der Waals surface area contributed by atoms with Gasteiger partial charge < -0.3 is 20.5 Å². The number of pyridine rings is 3. The lowest BCUT2D eigenvalue weighted by Crippen LogP contribution is -2.24. The average molecular weight is 440 g/mol. The van der Waals surface area contributed by atoms with Crippen LogP contribution < -0.4 is 15.4 Å². The maximum absolute atomic E-state index is 12.5. The molecular weight excluding hydrogens is 420 g/mol. The lowest BCUT2D eigenvalue weighted by Gasteiger charge is -2.10. The average Bonchev–Trinajstić information content (AvgIpc) is 2.86. The van der Waals surface area contributed by atoms with E-state index in [1.54, 1.807) is 31.4 Å². The van der Waals surface area contributed by atoms with Crippen molar-refractivity contribution in [1.82, 2.24) is 20.3 Å². The van der Waals surface area contributed by atoms with Crippen molar-refractivity contribution in [3.63, 3.8) is 0 Å². The molecule has 0 spiro atoms. The molecule has 0 unspecified atom stereocenters. The summed E-state index contributed by atoms with van der Waals surface area (Å²) in [5.74, 6) is 0.639. The van der Waals surface area contributed by atoms with Crippen molar-refractivity contribution in [2.75, 3.05) is 12.4 Å². The molecule has 0 atom stereocenters. The Labute approximate surface area is 189 Å². The highest BCUT2D eigenvalue weighted by molar-refractivity contribution is 6.00. The minimum Gasteiger partial charge on any atom is -0.505 e. The van der Waals surface area contributed by atoms with Crippen molar-refractivity contribution >= 4 is 22.6 Å². The minimum absolute atomic E-state index is 0.0927. The molecule has 0 aliphatic heterocycles. The van der Waals surface area contributed by atoms with E-state index >= 15 is 0 Å². The third kappa shape index (κ3) is 4.97. The normalized spacial score (nSPS) is 10.4. The molecule has 4 rings (SSSR count). The molecule has 164 valence electrons. The van der Waals surface area contributed by atoms with E-state index in [1.807, 2.05) is 30.3 Å². The molecule has 0 saturated carbocycles. The van der Waals surface area contributed by atoms with Crippen molar-refractivity contribution in [2.24, 2.45) is 0 Å². The summed E-state index contributed by atoms with van der Waals surface area (Å²) in [6.45, 7) is 0.746. The summed E-state index contributed by atoms with van der Waals surface area (Å²) in [6.07, 6.45) is 2.96. The second kappa shape index (κ2) is 9.62. The van der Waals surface area contributed by atoms with E-state index in [-0.39, 0.29) is 18.0 Å². The molecular formula is C24H20N6O3. The molecule has 33 heavy (non-hydrogen) atoms. The number of hydrogen-bond donors (Lipinski definition) is 3. The zero-order valence-corrected chi connectivity index (χ0v) is 17.7. The maximum Gasteiger partial charge on any atom is 0.274 e. The SMILES string of the molecule is COc1ccc(CNc2ccc3c(O)c(C(=O)NCc4ccc(C#N)nc4)ncc3n2)cc1. The van der Waals surface area contributed by atoms with Gasteiger partial charge in [-0.2, -0.15) is 5.26 Å². The van der Waals surface area contributed by atoms with Crippen LogP contribution in [-0.4, -0.2) is 33.1 Å². The molecule has 0 aliphatic carbocycles. The summed E-state index contributed by atoms with van der Waals surface area (Å²) in [5.41, 5.74) is 2.44. The van der Waals surface area contributed by atoms with E-state index in [4.69, 9.17) is 10.00 Å². The standard InChI is InChI=1S/C24H20N6O3/c1-33-18-6-3-15(4-7-18)11-27-21-9-8-19-20(30-21)14-28-22(23(19)31)24(32)29-13-16-2-5-17(10-25)26-12-16/h2-9,12,14,31H,11,13H2,1H3,(H,27,30)(H,29,32). The Morgan fingerprint density at radius 2 is 1.82 bits per heavy atom. The first-order chi connectivity index (χ1) is 16.1. The van der Waals surface area contributed by atoms with E-state index in [0.29, 0.717) is 29.0 Å². The molecule has 0 aliphatic rings. The molecule has 3 aromatic heterocycles. The van der Waals surface area contributed by atoms with Gasteiger partial charge in [0.2, 0.25) is 0 Å². The highest BCUT2D eigenvalue weighted by Crippen LogP contribution is 2.27. The summed E-state index contributed by atoms with van der Waals surface area (Å²) < 4.78 is 5.16. The van der Waals surface area contributed by atoms with Crippen LogP contribution in [0.2, 0.25) is 0 Å². The Kier molecular flexibility index (Phi) is 6.27. The summed E-state index contributed by atoms with van der Waals surface area (Å²) in [6, 6.07) is 16.3. The van der Waals surface area contributed by atoms with Gasteiger partial charge in [0.1, 0.15) is 23.3 Å². The number of methoxy groups -OCH3 is 1. The van der Waals surface area contributed by atoms with Gasteiger partial charge in [0.25, 0.3) is 5.91 Å². The predicted octanol–water partition coefficient (Wildman–Crippen LogP) is 3.15. The van der Waals surface area contributed by atoms with Crippen molar-refractivity contribution in [2.45, 2.75) is 13.1 Å². The quantitative estimate of drug-likeness (QED) is 0.399. The van der Waals surface area contributed by atoms with Gasteiger partial charge in [0, 0.05) is 24.7 Å². The number of benzene rings is 1. The van der Waals surface area contributed by atoms with Gasteiger partial charge in [-0.3, -0.25) is 4.79 Å². The van der Waals surface area contributed by atoms with Crippen LogP contribution in [0.5, 0.6) is 11.5 Å². The van der Waals surface area contributed by atoms with Gasteiger partial charge in [0.15, 0.2) is 11.4 Å². The third-order valence-corrected chi connectivity index (χ3v) is 4.96. The van der Waals surface area contributed by atoms with Crippen LogP contribution in [0.25, 0.3) is 10.9 Å². The molecule has 0 saturated heterocycles. The van der Waals surface area contributed by atoms with Gasteiger partial charge in [-0.1, -0.05) is 18.2 Å². The van der Waals surface area contributed by atoms with Crippen molar-refractivity contribution in [3.8, 4) is 17.6 Å². The lowest BCUT2D eigenvalue weighted by molar-refractivity contribution is 0.0943. The van der Waals surface area contributed by atoms with E-state index in [2.05, 4.69) is 25.6 Å². The molecule has 3 heterocycles. The van der Waals surface area contributed by atoms with E-state index in [0.717, 1.165) is 16.9 Å². The van der Waals surface area contributed by atoms with Crippen LogP contribution in [0.1, 0.15) is 27.3 Å². The first kappa shape index (κ1) is 21.5. The van der Waals surface area contributed by atoms with Crippen molar-refractivity contribution in [3.05, 3.63) is 83.4 Å². The molecule has 4 aromatic rings. The second-order valence-corrected chi connectivity index (χ2v) is 7.13. The fraction of sp³-hybridized carbons (Fsp3) is 0.125. The number of nitrogens with one attached hydrogen (secondary N) is 2. The maximum atomic E-state index is 12.5. The van der Waals surface area contributed by atoms with Crippen molar-refractivity contribution in [1.29, 1.82) is 5.26 Å². The minimum atomic E-state index is -0.527. The van der Waals surface area contributed by atoms with Crippen LogP contribution >= 0.6 is 0 Å². The molecule has 0 fully saturated rings. The Morgan fingerprint density at radius 1 is 1.03 bits per heavy atom. The Balaban J connectivity index is 1.44. The van der Waals surface area contributed by atoms with Gasteiger partial charge in [-0.15, -0.1) is 0 Å². The zero-order valence-electron chi connectivity index (χ0n) is 17.7. The van der Waals surface area contributed by atoms with E-state index < -0.39 is 5.91 Å². The number of fused-ring (bicyclic) bond motifs is 1. The van der Waals surface area contributed by atoms with E-state index in [1.165, 1.54) is 12.4 Å². The molecule has 9 nitrogen and oxygen atoms in total. The molecule has 0 radical (unpaired) electrons. The second-order valence-electron chi connectivity index (χ2n) is 7.13. The van der Waals surface area contributed by atoms with Crippen LogP contribution in [0.3, 0.4) is 0 Å². The number of ether oxygens (including phenoxy) is 1. The van der Waals surface area contributed by atoms with Gasteiger partial charge in [-0.05, 0) is 41.5 Å². The molecule has 1 aromatic carbocycles. The summed E-state index contributed by atoms with van der Waals surface area (Å²) >= 11 is 0. The predicted molar refractivity (Wildman–Crippen MR) is 122 cm³/mol. The lowest BCUT2D eigenvalue weighted by atomic mass is 10.2. The number of carbonyl (C=O) groups is 1. The number of aromatic nitrogens is 3. The molecule has 3 N–H and O–H groups in total. The Hall–Kier alpha value is -4.71. The van der Waals surface area contributed by atoms with Crippen LogP contribution in [0.15, 0.2) is 60.9 Å². The van der Waals surface area contributed by atoms with Gasteiger partial charge in [0.05, 0.1) is 18.8 Å². The largest absolute Gasteiger partial charge is 0.505 e. The number of hydrogen-bond acceptors (Lipinski definition) is 8. The van der Waals surface area contributed by atoms with Gasteiger partial charge >= 0.3 is 0 Å². The van der Waals surface area contributed by atoms with E-state index in [9.17, 15) is 9.90 Å². The number of nitriles is 1. The van der Waals surface area contributed by atoms with Crippen molar-refractivity contribution < 1.29 is 14.6 Å². The highest BCUT2D eigenvalue weighted by Gasteiger charge is 2.16. The number of amides is 1. The summed E-state index contributed by atoms with van der Waals surface area (Å²) in [5, 5.41) is 25.7. The summed E-state index contributed by atoms with van der Waals surface area (Å²) in [4.78, 5) is 25.1. The molecule has 9 heteroatoms. The number of anilines is 1. The third-order valence-electron chi connectivity index (χ3n) is 4.96. The smallest absolute Gasteiger partial charge is 0.274 e. The summed E-state index contributed by atoms with van der Waals surface area (Å²) in [7, 11) is 1.62. The van der Waals surface area contributed by atoms with Gasteiger partial charge in [-0.25, -0.2) is 15.0 Å². The number of carbonyl (C=O) groups excluding carboxylic acids is 1. The zero-order chi connectivity index (χ0) is 23.2. The highest BCUT2D eigenvalue weighted by atomic mass is 16.5. The fourth-order valence-corrected chi connectivity index (χ4v) is 3.15. The fourth-order valence-electron chi connectivity index (χ4n) is 3.15. The first-order valence-corrected chi connectivity index (χ1v) is 10.1. The van der Waals surface area contributed by atoms with Crippen LogP contribution in [0.4, 0.5) is 5.82 Å². The Morgan fingerprint density at radius 3 is 2.52 bits per heavy atom. The molecule has 1 amide bonds. The number of rotatable bonds is 7. The number of nitrogens with zero attached hydrogens (tertiary/aromatic N) is 4. The Bertz CT molecular complexity index is 1330. The molecule has 0 bridgehead atoms. The van der Waals surface area contributed by atoms with Crippen LogP contribution in [0, 0.1) is 11.3 Å². The monoisotopic (exact) mass is 440 g/mol. The first-order valence-electron chi connectivity index (χ1n) is 10.1. The number of aromatic hydroxyl groups is 1. The topological polar surface area (TPSA) is 133 Å².